The summed E-state index contributed by atoms with van der Waals surface area (Å²) in [5, 5.41) is 0. The van der Waals surface area contributed by atoms with Gasteiger partial charge >= 0.3 is 0 Å². The summed E-state index contributed by atoms with van der Waals surface area (Å²) < 4.78 is 6.66. The van der Waals surface area contributed by atoms with Gasteiger partial charge in [0.05, 0.1) is 6.61 Å². The van der Waals surface area contributed by atoms with Crippen molar-refractivity contribution in [2.45, 2.75) is 25.7 Å². The number of Topliss-reactive ketones (excluding diaryl/α,β-unsaturated/α-hetero) is 1. The molecular weight excluding hydrogens is 328 g/mol. The Morgan fingerprint density at radius 3 is 2.81 bits per heavy atom. The highest BCUT2D eigenvalue weighted by molar-refractivity contribution is 9.10. The molecule has 0 spiro atoms. The van der Waals surface area contributed by atoms with E-state index in [0.29, 0.717) is 13.0 Å². The van der Waals surface area contributed by atoms with E-state index in [4.69, 9.17) is 4.74 Å². The highest BCUT2D eigenvalue weighted by Gasteiger charge is 2.32. The fraction of sp³-hybridized carbons (Fsp3) is 0.278. The lowest BCUT2D eigenvalue weighted by Crippen LogP contribution is -2.18. The van der Waals surface area contributed by atoms with Gasteiger partial charge in [0, 0.05) is 27.4 Å². The first-order valence-corrected chi connectivity index (χ1v) is 7.80. The number of fused-ring (bicyclic) bond motifs is 1. The first kappa shape index (κ1) is 14.3. The van der Waals surface area contributed by atoms with Crippen LogP contribution in [0.25, 0.3) is 0 Å². The van der Waals surface area contributed by atoms with Crippen LogP contribution >= 0.6 is 15.9 Å². The fourth-order valence-corrected chi connectivity index (χ4v) is 3.08. The van der Waals surface area contributed by atoms with E-state index >= 15 is 0 Å². The first-order chi connectivity index (χ1) is 9.95. The molecule has 0 amide bonds. The first-order valence-electron chi connectivity index (χ1n) is 7.01. The van der Waals surface area contributed by atoms with Crippen LogP contribution in [0, 0.1) is 0 Å². The lowest BCUT2D eigenvalue weighted by atomic mass is 9.85. The third-order valence-corrected chi connectivity index (χ3v) is 4.37. The Morgan fingerprint density at radius 2 is 2.05 bits per heavy atom. The van der Waals surface area contributed by atoms with Gasteiger partial charge in [0.15, 0.2) is 5.78 Å². The predicted octanol–water partition coefficient (Wildman–Crippen LogP) is 4.54. The Kier molecular flexibility index (Phi) is 3.62. The molecule has 1 aliphatic heterocycles. The molecule has 0 aliphatic carbocycles. The lowest BCUT2D eigenvalue weighted by molar-refractivity contribution is 0.0993. The monoisotopic (exact) mass is 344 g/mol. The maximum Gasteiger partial charge on any atom is 0.167 e. The Balaban J connectivity index is 1.86. The maximum absolute atomic E-state index is 12.5. The summed E-state index contributed by atoms with van der Waals surface area (Å²) in [6.45, 7) is 4.95. The maximum atomic E-state index is 12.5. The number of ether oxygens (including phenoxy) is 1. The largest absolute Gasteiger partial charge is 0.492 e. The number of benzene rings is 2. The molecule has 3 heteroatoms. The zero-order valence-electron chi connectivity index (χ0n) is 12.2. The number of rotatable bonds is 3. The zero-order chi connectivity index (χ0) is 15.0. The third-order valence-electron chi connectivity index (χ3n) is 3.87. The van der Waals surface area contributed by atoms with Crippen LogP contribution in [-0.4, -0.2) is 12.4 Å². The summed E-state index contributed by atoms with van der Waals surface area (Å²) in [7, 11) is 0. The van der Waals surface area contributed by atoms with E-state index < -0.39 is 0 Å². The molecule has 3 rings (SSSR count). The third kappa shape index (κ3) is 2.88. The fourth-order valence-electron chi connectivity index (χ4n) is 2.63. The summed E-state index contributed by atoms with van der Waals surface area (Å²) in [6.07, 6.45) is 0.416. The van der Waals surface area contributed by atoms with Crippen molar-refractivity contribution in [2.75, 3.05) is 6.61 Å². The number of carbonyl (C=O) groups excluding carboxylic acids is 1. The second-order valence-electron chi connectivity index (χ2n) is 6.11. The predicted molar refractivity (Wildman–Crippen MR) is 87.1 cm³/mol. The van der Waals surface area contributed by atoms with Crippen molar-refractivity contribution in [1.29, 1.82) is 0 Å². The molecule has 0 fully saturated rings. The van der Waals surface area contributed by atoms with Gasteiger partial charge in [0.1, 0.15) is 5.75 Å². The summed E-state index contributed by atoms with van der Waals surface area (Å²) in [6, 6.07) is 13.6. The smallest absolute Gasteiger partial charge is 0.167 e. The molecule has 0 aromatic heterocycles. The molecule has 0 N–H and O–H groups in total. The minimum atomic E-state index is -0.0264. The highest BCUT2D eigenvalue weighted by atomic mass is 79.9. The minimum absolute atomic E-state index is 0.0264. The highest BCUT2D eigenvalue weighted by Crippen LogP contribution is 2.38. The van der Waals surface area contributed by atoms with E-state index in [1.165, 1.54) is 0 Å². The summed E-state index contributed by atoms with van der Waals surface area (Å²) in [5.74, 6) is 1.04. The van der Waals surface area contributed by atoms with E-state index in [9.17, 15) is 4.79 Å². The van der Waals surface area contributed by atoms with Crippen LogP contribution in [-0.2, 0) is 11.8 Å². The molecule has 0 saturated heterocycles. The molecule has 0 saturated carbocycles. The number of hydrogen-bond donors (Lipinski definition) is 0. The van der Waals surface area contributed by atoms with Gasteiger partial charge in [0.2, 0.25) is 0 Å². The molecule has 0 unspecified atom stereocenters. The van der Waals surface area contributed by atoms with Crippen LogP contribution < -0.4 is 4.74 Å². The molecule has 2 nitrogen and oxygen atoms in total. The van der Waals surface area contributed by atoms with E-state index in [2.05, 4.69) is 29.8 Å². The van der Waals surface area contributed by atoms with Gasteiger partial charge in [-0.2, -0.15) is 0 Å². The summed E-state index contributed by atoms with van der Waals surface area (Å²) in [4.78, 5) is 12.5. The van der Waals surface area contributed by atoms with Crippen molar-refractivity contribution >= 4 is 21.7 Å². The normalized spacial score (nSPS) is 15.4. The molecule has 0 radical (unpaired) electrons. The summed E-state index contributed by atoms with van der Waals surface area (Å²) in [5.41, 5.74) is 2.88. The number of carbonyl (C=O) groups is 1. The molecular formula is C18H17BrO2. The Labute approximate surface area is 133 Å². The number of halogens is 1. The lowest BCUT2D eigenvalue weighted by Gasteiger charge is -2.15. The van der Waals surface area contributed by atoms with Crippen LogP contribution in [0.2, 0.25) is 0 Å². The van der Waals surface area contributed by atoms with E-state index in [-0.39, 0.29) is 11.2 Å². The molecule has 2 aromatic rings. The van der Waals surface area contributed by atoms with Gasteiger partial charge in [-0.1, -0.05) is 41.9 Å². The van der Waals surface area contributed by atoms with Gasteiger partial charge < -0.3 is 4.74 Å². The van der Waals surface area contributed by atoms with Gasteiger partial charge in [-0.25, -0.2) is 0 Å². The second kappa shape index (κ2) is 5.30. The molecule has 0 bridgehead atoms. The van der Waals surface area contributed by atoms with E-state index in [1.54, 1.807) is 0 Å². The summed E-state index contributed by atoms with van der Waals surface area (Å²) >= 11 is 3.44. The minimum Gasteiger partial charge on any atom is -0.492 e. The van der Waals surface area contributed by atoms with Crippen LogP contribution in [0.3, 0.4) is 0 Å². The topological polar surface area (TPSA) is 26.3 Å². The molecule has 1 aliphatic rings. The van der Waals surface area contributed by atoms with E-state index in [0.717, 1.165) is 26.9 Å². The molecule has 21 heavy (non-hydrogen) atoms. The zero-order valence-corrected chi connectivity index (χ0v) is 13.7. The van der Waals surface area contributed by atoms with Crippen LogP contribution in [0.15, 0.2) is 46.9 Å². The van der Waals surface area contributed by atoms with Gasteiger partial charge in [-0.3, -0.25) is 4.79 Å². The van der Waals surface area contributed by atoms with Crippen molar-refractivity contribution in [1.82, 2.24) is 0 Å². The molecule has 1 heterocycles. The Bertz CT molecular complexity index is 704. The van der Waals surface area contributed by atoms with Crippen molar-refractivity contribution in [3.05, 3.63) is 63.6 Å². The van der Waals surface area contributed by atoms with Crippen LogP contribution in [0.1, 0.15) is 35.3 Å². The average Bonchev–Trinajstić information content (AvgIpc) is 2.74. The van der Waals surface area contributed by atoms with Crippen molar-refractivity contribution in [2.24, 2.45) is 0 Å². The van der Waals surface area contributed by atoms with Gasteiger partial charge in [0.25, 0.3) is 0 Å². The van der Waals surface area contributed by atoms with Crippen molar-refractivity contribution in [3.63, 3.8) is 0 Å². The van der Waals surface area contributed by atoms with E-state index in [1.807, 2.05) is 42.5 Å². The van der Waals surface area contributed by atoms with Crippen LogP contribution in [0.4, 0.5) is 0 Å². The van der Waals surface area contributed by atoms with Gasteiger partial charge in [-0.05, 0) is 35.9 Å². The van der Waals surface area contributed by atoms with Gasteiger partial charge in [-0.15, -0.1) is 0 Å². The quantitative estimate of drug-likeness (QED) is 0.763. The Hall–Kier alpha value is -1.61. The Morgan fingerprint density at radius 1 is 1.24 bits per heavy atom. The molecule has 2 aromatic carbocycles. The van der Waals surface area contributed by atoms with Crippen LogP contribution in [0.5, 0.6) is 5.75 Å². The second-order valence-corrected chi connectivity index (χ2v) is 7.03. The molecule has 108 valence electrons. The standard InChI is InChI=1S/C18H17BrO2/c1-18(2)11-21-17-7-6-13(10-15(17)18)16(20)9-12-4-3-5-14(19)8-12/h3-8,10H,9,11H2,1-2H3. The molecule has 0 atom stereocenters. The average molecular weight is 345 g/mol. The SMILES string of the molecule is CC1(C)COc2ccc(C(=O)Cc3cccc(Br)c3)cc21. The number of ketones is 1. The van der Waals surface area contributed by atoms with Crippen molar-refractivity contribution in [3.8, 4) is 5.75 Å². The number of hydrogen-bond acceptors (Lipinski definition) is 2. The van der Waals surface area contributed by atoms with Crippen molar-refractivity contribution < 1.29 is 9.53 Å².